The van der Waals surface area contributed by atoms with Gasteiger partial charge >= 0.3 is 0 Å². The maximum absolute atomic E-state index is 12.5. The first-order chi connectivity index (χ1) is 9.10. The number of rotatable bonds is 5. The molecule has 1 radical (unpaired) electrons. The molecule has 21 heavy (non-hydrogen) atoms. The molecule has 1 aromatic rings. The topological polar surface area (TPSA) is 17.1 Å². The number of hydrogen-bond donors (Lipinski definition) is 0. The summed E-state index contributed by atoms with van der Waals surface area (Å²) in [5.41, 5.74) is 5.13. The molecule has 0 aliphatic carbocycles. The van der Waals surface area contributed by atoms with Gasteiger partial charge in [0.05, 0.1) is 0 Å². The maximum Gasteiger partial charge on any atom is 0.181 e. The van der Waals surface area contributed by atoms with Crippen LogP contribution in [0, 0.1) is 32.1 Å². The predicted octanol–water partition coefficient (Wildman–Crippen LogP) is 5.12. The fourth-order valence-electron chi connectivity index (χ4n) is 3.01. The third kappa shape index (κ3) is 7.14. The van der Waals surface area contributed by atoms with Crippen LogP contribution < -0.4 is 0 Å². The molecule has 0 saturated heterocycles. The zero-order chi connectivity index (χ0) is 15.5. The van der Waals surface area contributed by atoms with Crippen LogP contribution in [0.5, 0.6) is 0 Å². The van der Waals surface area contributed by atoms with Gasteiger partial charge in [0.1, 0.15) is 0 Å². The minimum Gasteiger partial charge on any atom is -0.289 e. The Morgan fingerprint density at radius 3 is 2.05 bits per heavy atom. The van der Waals surface area contributed by atoms with Gasteiger partial charge in [0.2, 0.25) is 0 Å². The van der Waals surface area contributed by atoms with Gasteiger partial charge in [0.15, 0.2) is 5.52 Å². The van der Waals surface area contributed by atoms with E-state index in [1.165, 1.54) is 12.0 Å². The molecule has 0 bridgehead atoms. The standard InChI is InChI=1S/C18H29OP.Li/c1-12-8-14(3)16(15(4)9-12)17(19)20-11-13(2)10-18(5,6)7;/h8-9,13,20H,10-11H2,1-7H3;. The average molecular weight is 299 g/mol. The van der Waals surface area contributed by atoms with Crippen LogP contribution in [0.25, 0.3) is 0 Å². The third-order valence-corrected chi connectivity index (χ3v) is 4.95. The van der Waals surface area contributed by atoms with Crippen molar-refractivity contribution in [2.75, 3.05) is 6.16 Å². The number of hydrogen-bond acceptors (Lipinski definition) is 1. The summed E-state index contributed by atoms with van der Waals surface area (Å²) in [5.74, 6) is 0.614. The van der Waals surface area contributed by atoms with Crippen LogP contribution in [0.4, 0.5) is 0 Å². The second-order valence-corrected chi connectivity index (χ2v) is 8.57. The number of carbonyl (C=O) groups is 1. The van der Waals surface area contributed by atoms with E-state index in [9.17, 15) is 4.79 Å². The maximum atomic E-state index is 12.5. The van der Waals surface area contributed by atoms with Crippen molar-refractivity contribution in [1.82, 2.24) is 0 Å². The molecule has 113 valence electrons. The van der Waals surface area contributed by atoms with E-state index in [1.807, 2.05) is 0 Å². The zero-order valence-corrected chi connectivity index (χ0v) is 16.1. The van der Waals surface area contributed by atoms with Gasteiger partial charge in [-0.1, -0.05) is 45.4 Å². The summed E-state index contributed by atoms with van der Waals surface area (Å²) < 4.78 is 0. The van der Waals surface area contributed by atoms with Gasteiger partial charge in [-0.15, -0.1) is 0 Å². The summed E-state index contributed by atoms with van der Waals surface area (Å²) >= 11 is 0. The van der Waals surface area contributed by atoms with Gasteiger partial charge in [-0.2, -0.15) is 0 Å². The van der Waals surface area contributed by atoms with Crippen molar-refractivity contribution >= 4 is 33.0 Å². The van der Waals surface area contributed by atoms with E-state index < -0.39 is 0 Å². The second-order valence-electron chi connectivity index (χ2n) is 7.35. The molecule has 3 heteroatoms. The third-order valence-electron chi connectivity index (χ3n) is 3.48. The average Bonchev–Trinajstić information content (AvgIpc) is 2.22. The molecule has 0 N–H and O–H groups in total. The Kier molecular flexibility index (Phi) is 8.49. The van der Waals surface area contributed by atoms with Gasteiger partial charge < -0.3 is 0 Å². The normalized spacial score (nSPS) is 13.3. The van der Waals surface area contributed by atoms with Crippen molar-refractivity contribution in [3.8, 4) is 0 Å². The van der Waals surface area contributed by atoms with Crippen LogP contribution in [0.2, 0.25) is 0 Å². The molecule has 0 fully saturated rings. The summed E-state index contributed by atoms with van der Waals surface area (Å²) in [6.07, 6.45) is 2.20. The minimum atomic E-state index is 0. The Hall–Kier alpha value is -0.0826. The molecular weight excluding hydrogens is 270 g/mol. The van der Waals surface area contributed by atoms with Crippen LogP contribution >= 0.6 is 8.58 Å². The van der Waals surface area contributed by atoms with Crippen molar-refractivity contribution in [3.63, 3.8) is 0 Å². The number of aryl methyl sites for hydroxylation is 3. The molecule has 0 aliphatic heterocycles. The van der Waals surface area contributed by atoms with E-state index >= 15 is 0 Å². The molecule has 2 unspecified atom stereocenters. The van der Waals surface area contributed by atoms with Crippen molar-refractivity contribution in [1.29, 1.82) is 0 Å². The van der Waals surface area contributed by atoms with Crippen LogP contribution in [-0.2, 0) is 0 Å². The Labute approximate surface area is 144 Å². The number of carbonyl (C=O) groups excluding carboxylic acids is 1. The van der Waals surface area contributed by atoms with Gasteiger partial charge in [-0.3, -0.25) is 4.79 Å². The Morgan fingerprint density at radius 1 is 1.14 bits per heavy atom. The van der Waals surface area contributed by atoms with Gasteiger partial charge in [0.25, 0.3) is 0 Å². The van der Waals surface area contributed by atoms with Crippen molar-refractivity contribution in [2.24, 2.45) is 11.3 Å². The smallest absolute Gasteiger partial charge is 0.181 e. The Balaban J connectivity index is 0.00000400. The van der Waals surface area contributed by atoms with Gasteiger partial charge in [0, 0.05) is 24.4 Å². The molecule has 0 heterocycles. The zero-order valence-electron chi connectivity index (χ0n) is 15.1. The first-order valence-electron chi connectivity index (χ1n) is 7.46. The molecule has 0 aliphatic rings. The first kappa shape index (κ1) is 20.9. The van der Waals surface area contributed by atoms with Crippen LogP contribution in [0.3, 0.4) is 0 Å². The largest absolute Gasteiger partial charge is 0.289 e. The van der Waals surface area contributed by atoms with Gasteiger partial charge in [-0.05, 0) is 64.4 Å². The van der Waals surface area contributed by atoms with E-state index in [2.05, 4.69) is 60.6 Å². The van der Waals surface area contributed by atoms with Crippen molar-refractivity contribution in [3.05, 3.63) is 34.4 Å². The van der Waals surface area contributed by atoms with E-state index in [4.69, 9.17) is 0 Å². The van der Waals surface area contributed by atoms with E-state index in [1.54, 1.807) is 0 Å². The minimum absolute atomic E-state index is 0. The molecule has 0 amide bonds. The summed E-state index contributed by atoms with van der Waals surface area (Å²) in [6, 6.07) is 4.23. The molecule has 2 atom stereocenters. The molecule has 1 nitrogen and oxygen atoms in total. The van der Waals surface area contributed by atoms with E-state index in [-0.39, 0.29) is 18.9 Å². The monoisotopic (exact) mass is 299 g/mol. The summed E-state index contributed by atoms with van der Waals surface area (Å²) in [7, 11) is 0.400. The molecule has 0 aromatic heterocycles. The van der Waals surface area contributed by atoms with Crippen molar-refractivity contribution < 1.29 is 4.79 Å². The SMILES string of the molecule is Cc1cc(C)c(C(=O)PCC(C)CC(C)(C)C)c(C)c1.[Li]. The quantitative estimate of drug-likeness (QED) is 0.544. The van der Waals surface area contributed by atoms with Crippen LogP contribution in [-0.4, -0.2) is 30.5 Å². The summed E-state index contributed by atoms with van der Waals surface area (Å²) in [5, 5.41) is 0. The fraction of sp³-hybridized carbons (Fsp3) is 0.611. The first-order valence-corrected chi connectivity index (χ1v) is 8.67. The number of benzene rings is 1. The molecular formula is C18H29LiOP. The predicted molar refractivity (Wildman–Crippen MR) is 97.2 cm³/mol. The van der Waals surface area contributed by atoms with E-state index in [0.717, 1.165) is 22.9 Å². The van der Waals surface area contributed by atoms with Crippen molar-refractivity contribution in [2.45, 2.75) is 54.9 Å². The van der Waals surface area contributed by atoms with Crippen LogP contribution in [0.15, 0.2) is 12.1 Å². The Morgan fingerprint density at radius 2 is 1.62 bits per heavy atom. The summed E-state index contributed by atoms with van der Waals surface area (Å²) in [6.45, 7) is 15.3. The molecule has 0 spiro atoms. The van der Waals surface area contributed by atoms with E-state index in [0.29, 0.717) is 25.4 Å². The molecule has 1 aromatic carbocycles. The molecule has 1 rings (SSSR count). The van der Waals surface area contributed by atoms with Gasteiger partial charge in [-0.25, -0.2) is 0 Å². The van der Waals surface area contributed by atoms with Crippen LogP contribution in [0.1, 0.15) is 61.2 Å². The second kappa shape index (κ2) is 8.52. The fourth-order valence-corrected chi connectivity index (χ4v) is 4.26. The Bertz CT molecular complexity index is 465. The summed E-state index contributed by atoms with van der Waals surface area (Å²) in [4.78, 5) is 12.5. The molecule has 0 saturated carbocycles.